The average molecular weight is 266 g/mol. The lowest BCUT2D eigenvalue weighted by atomic mass is 10.0. The molecule has 0 fully saturated rings. The average Bonchev–Trinajstić information content (AvgIpc) is 2.81. The minimum Gasteiger partial charge on any atom is -0.398 e. The molecule has 0 aliphatic carbocycles. The molecule has 0 spiro atoms. The number of hydrogen-bond donors (Lipinski definition) is 3. The van der Waals surface area contributed by atoms with Crippen LogP contribution in [0.4, 0.5) is 5.69 Å². The molecule has 2 rings (SSSR count). The van der Waals surface area contributed by atoms with Crippen molar-refractivity contribution in [2.45, 2.75) is 19.5 Å². The SMILES string of the molecule is CCn1cc(C(NN)c2ccc(Cl)cc2N)cn1. The number of hydrogen-bond acceptors (Lipinski definition) is 4. The molecule has 0 aliphatic rings. The number of hydrazine groups is 1. The summed E-state index contributed by atoms with van der Waals surface area (Å²) in [4.78, 5) is 0. The summed E-state index contributed by atoms with van der Waals surface area (Å²) in [6, 6.07) is 5.18. The second-order valence-corrected chi connectivity index (χ2v) is 4.44. The molecule has 0 saturated carbocycles. The summed E-state index contributed by atoms with van der Waals surface area (Å²) in [5.74, 6) is 5.62. The van der Waals surface area contributed by atoms with Crippen LogP contribution in [-0.4, -0.2) is 9.78 Å². The Kier molecular flexibility index (Phi) is 3.86. The van der Waals surface area contributed by atoms with Crippen LogP contribution in [0.15, 0.2) is 30.6 Å². The molecule has 0 radical (unpaired) electrons. The monoisotopic (exact) mass is 265 g/mol. The van der Waals surface area contributed by atoms with Gasteiger partial charge in [0, 0.05) is 29.0 Å². The van der Waals surface area contributed by atoms with Gasteiger partial charge in [0.1, 0.15) is 0 Å². The van der Waals surface area contributed by atoms with Crippen molar-refractivity contribution in [3.8, 4) is 0 Å². The van der Waals surface area contributed by atoms with E-state index < -0.39 is 0 Å². The van der Waals surface area contributed by atoms with Crippen LogP contribution in [0.25, 0.3) is 0 Å². The Morgan fingerprint density at radius 3 is 2.83 bits per heavy atom. The molecule has 0 saturated heterocycles. The Bertz CT molecular complexity index is 537. The summed E-state index contributed by atoms with van der Waals surface area (Å²) in [7, 11) is 0. The van der Waals surface area contributed by atoms with Gasteiger partial charge in [0.2, 0.25) is 0 Å². The number of benzene rings is 1. The van der Waals surface area contributed by atoms with Gasteiger partial charge in [-0.1, -0.05) is 17.7 Å². The smallest absolute Gasteiger partial charge is 0.0760 e. The molecule has 1 heterocycles. The Morgan fingerprint density at radius 1 is 1.50 bits per heavy atom. The first-order valence-electron chi connectivity index (χ1n) is 5.69. The van der Waals surface area contributed by atoms with E-state index in [0.717, 1.165) is 17.7 Å². The molecule has 96 valence electrons. The highest BCUT2D eigenvalue weighted by atomic mass is 35.5. The Labute approximate surface area is 111 Å². The number of rotatable bonds is 4. The molecule has 5 nitrogen and oxygen atoms in total. The lowest BCUT2D eigenvalue weighted by Gasteiger charge is -2.17. The van der Waals surface area contributed by atoms with Gasteiger partial charge >= 0.3 is 0 Å². The molecule has 1 unspecified atom stereocenters. The van der Waals surface area contributed by atoms with Gasteiger partial charge in [-0.15, -0.1) is 0 Å². The predicted octanol–water partition coefficient (Wildman–Crippen LogP) is 1.69. The van der Waals surface area contributed by atoms with Gasteiger partial charge in [-0.3, -0.25) is 10.5 Å². The highest BCUT2D eigenvalue weighted by Gasteiger charge is 2.17. The molecule has 1 aromatic carbocycles. The van der Waals surface area contributed by atoms with Gasteiger partial charge in [-0.2, -0.15) is 5.10 Å². The molecule has 0 bridgehead atoms. The Balaban J connectivity index is 2.38. The first-order valence-corrected chi connectivity index (χ1v) is 6.07. The van der Waals surface area contributed by atoms with Crippen LogP contribution in [0.3, 0.4) is 0 Å². The first kappa shape index (κ1) is 12.9. The summed E-state index contributed by atoms with van der Waals surface area (Å²) in [6.45, 7) is 2.84. The lowest BCUT2D eigenvalue weighted by molar-refractivity contribution is 0.631. The number of aromatic nitrogens is 2. The molecule has 6 heteroatoms. The van der Waals surface area contributed by atoms with E-state index >= 15 is 0 Å². The van der Waals surface area contributed by atoms with E-state index in [1.807, 2.05) is 23.9 Å². The molecule has 0 amide bonds. The molecular formula is C12H16ClN5. The van der Waals surface area contributed by atoms with Gasteiger partial charge < -0.3 is 5.73 Å². The number of nitrogens with one attached hydrogen (secondary N) is 1. The highest BCUT2D eigenvalue weighted by molar-refractivity contribution is 6.30. The summed E-state index contributed by atoms with van der Waals surface area (Å²) >= 11 is 5.89. The standard InChI is InChI=1S/C12H16ClN5/c1-2-18-7-8(6-16-18)12(17-15)10-4-3-9(13)5-11(10)14/h3-7,12,17H,2,14-15H2,1H3. The van der Waals surface area contributed by atoms with E-state index in [4.69, 9.17) is 23.2 Å². The summed E-state index contributed by atoms with van der Waals surface area (Å²) in [5, 5.41) is 4.84. The van der Waals surface area contributed by atoms with Crippen molar-refractivity contribution >= 4 is 17.3 Å². The minimum absolute atomic E-state index is 0.192. The number of anilines is 1. The van der Waals surface area contributed by atoms with E-state index in [0.29, 0.717) is 10.7 Å². The van der Waals surface area contributed by atoms with Crippen LogP contribution < -0.4 is 17.0 Å². The fraction of sp³-hybridized carbons (Fsp3) is 0.250. The summed E-state index contributed by atoms with van der Waals surface area (Å²) in [6.07, 6.45) is 3.72. The molecule has 1 atom stereocenters. The topological polar surface area (TPSA) is 81.9 Å². The zero-order valence-electron chi connectivity index (χ0n) is 10.1. The van der Waals surface area contributed by atoms with Gasteiger partial charge in [0.15, 0.2) is 0 Å². The van der Waals surface area contributed by atoms with E-state index in [9.17, 15) is 0 Å². The third-order valence-corrected chi connectivity index (χ3v) is 3.07. The highest BCUT2D eigenvalue weighted by Crippen LogP contribution is 2.28. The van der Waals surface area contributed by atoms with Crippen LogP contribution in [0, 0.1) is 0 Å². The second-order valence-electron chi connectivity index (χ2n) is 4.00. The van der Waals surface area contributed by atoms with Crippen molar-refractivity contribution < 1.29 is 0 Å². The molecule has 5 N–H and O–H groups in total. The number of halogens is 1. The number of nitrogens with zero attached hydrogens (tertiary/aromatic N) is 2. The van der Waals surface area contributed by atoms with E-state index in [2.05, 4.69) is 10.5 Å². The van der Waals surface area contributed by atoms with Crippen molar-refractivity contribution in [3.63, 3.8) is 0 Å². The van der Waals surface area contributed by atoms with E-state index in [-0.39, 0.29) is 6.04 Å². The molecule has 1 aromatic heterocycles. The van der Waals surface area contributed by atoms with E-state index in [1.165, 1.54) is 0 Å². The Hall–Kier alpha value is -1.56. The van der Waals surface area contributed by atoms with E-state index in [1.54, 1.807) is 18.3 Å². The van der Waals surface area contributed by atoms with Crippen molar-refractivity contribution in [3.05, 3.63) is 46.7 Å². The van der Waals surface area contributed by atoms with Crippen LogP contribution in [0.2, 0.25) is 5.02 Å². The first-order chi connectivity index (χ1) is 8.65. The van der Waals surface area contributed by atoms with Crippen molar-refractivity contribution in [1.82, 2.24) is 15.2 Å². The summed E-state index contributed by atoms with van der Waals surface area (Å²) in [5.41, 5.74) is 11.2. The van der Waals surface area contributed by atoms with Crippen LogP contribution in [0.5, 0.6) is 0 Å². The maximum atomic E-state index is 5.97. The predicted molar refractivity (Wildman–Crippen MR) is 72.9 cm³/mol. The lowest BCUT2D eigenvalue weighted by Crippen LogP contribution is -2.29. The molecule has 0 aliphatic heterocycles. The molecular weight excluding hydrogens is 250 g/mol. The largest absolute Gasteiger partial charge is 0.398 e. The third-order valence-electron chi connectivity index (χ3n) is 2.84. The molecule has 18 heavy (non-hydrogen) atoms. The van der Waals surface area contributed by atoms with Crippen molar-refractivity contribution in [2.24, 2.45) is 5.84 Å². The van der Waals surface area contributed by atoms with Gasteiger partial charge in [-0.05, 0) is 24.6 Å². The number of nitrogens with two attached hydrogens (primary N) is 2. The summed E-state index contributed by atoms with van der Waals surface area (Å²) < 4.78 is 1.84. The number of aryl methyl sites for hydroxylation is 1. The molecule has 2 aromatic rings. The fourth-order valence-corrected chi connectivity index (χ4v) is 2.06. The van der Waals surface area contributed by atoms with Crippen molar-refractivity contribution in [2.75, 3.05) is 5.73 Å². The Morgan fingerprint density at radius 2 is 2.28 bits per heavy atom. The zero-order valence-corrected chi connectivity index (χ0v) is 10.9. The van der Waals surface area contributed by atoms with Gasteiger partial charge in [0.25, 0.3) is 0 Å². The van der Waals surface area contributed by atoms with Gasteiger partial charge in [0.05, 0.1) is 12.2 Å². The maximum Gasteiger partial charge on any atom is 0.0760 e. The fourth-order valence-electron chi connectivity index (χ4n) is 1.88. The second kappa shape index (κ2) is 5.39. The van der Waals surface area contributed by atoms with Crippen molar-refractivity contribution in [1.29, 1.82) is 0 Å². The maximum absolute atomic E-state index is 5.97. The minimum atomic E-state index is -0.192. The quantitative estimate of drug-likeness (QED) is 0.446. The normalized spacial score (nSPS) is 12.6. The van der Waals surface area contributed by atoms with Crippen LogP contribution in [-0.2, 0) is 6.54 Å². The zero-order chi connectivity index (χ0) is 13.1. The van der Waals surface area contributed by atoms with Crippen LogP contribution in [0.1, 0.15) is 24.1 Å². The van der Waals surface area contributed by atoms with Crippen LogP contribution >= 0.6 is 11.6 Å². The number of nitrogen functional groups attached to an aromatic ring is 1. The third kappa shape index (κ3) is 2.48. The van der Waals surface area contributed by atoms with Gasteiger partial charge in [-0.25, -0.2) is 5.43 Å².